The van der Waals surface area contributed by atoms with E-state index in [0.717, 1.165) is 16.9 Å². The summed E-state index contributed by atoms with van der Waals surface area (Å²) < 4.78 is 0. The molecule has 0 unspecified atom stereocenters. The molecule has 0 saturated carbocycles. The Kier molecular flexibility index (Phi) is 5.26. The van der Waals surface area contributed by atoms with E-state index in [9.17, 15) is 9.59 Å². The largest absolute Gasteiger partial charge is 0.352 e. The molecule has 1 heterocycles. The van der Waals surface area contributed by atoms with Gasteiger partial charge in [0.1, 0.15) is 5.82 Å². The van der Waals surface area contributed by atoms with E-state index in [4.69, 9.17) is 0 Å². The standard InChI is InChI=1S/C21H24N4O2/c1-21(2,3)20(27)23-15-8-6-7-14(13-15)19(26)22-12-11-18-24-16-9-4-5-10-17(16)25-18/h4-10,13H,11-12H2,1-3H3,(H,22,26)(H,23,27)(H,24,25). The Labute approximate surface area is 158 Å². The van der Waals surface area contributed by atoms with Gasteiger partial charge < -0.3 is 15.6 Å². The van der Waals surface area contributed by atoms with Crippen LogP contribution in [-0.4, -0.2) is 28.3 Å². The summed E-state index contributed by atoms with van der Waals surface area (Å²) in [4.78, 5) is 32.2. The predicted octanol–water partition coefficient (Wildman–Crippen LogP) is 3.52. The Hall–Kier alpha value is -3.15. The third-order valence-electron chi connectivity index (χ3n) is 4.15. The second-order valence-electron chi connectivity index (χ2n) is 7.49. The van der Waals surface area contributed by atoms with E-state index >= 15 is 0 Å². The van der Waals surface area contributed by atoms with Gasteiger partial charge in [-0.15, -0.1) is 0 Å². The monoisotopic (exact) mass is 364 g/mol. The van der Waals surface area contributed by atoms with E-state index in [1.54, 1.807) is 24.3 Å². The first-order chi connectivity index (χ1) is 12.8. The van der Waals surface area contributed by atoms with Crippen LogP contribution in [0.2, 0.25) is 0 Å². The Morgan fingerprint density at radius 1 is 1.07 bits per heavy atom. The summed E-state index contributed by atoms with van der Waals surface area (Å²) in [5, 5.41) is 5.73. The van der Waals surface area contributed by atoms with Crippen LogP contribution in [0.5, 0.6) is 0 Å². The number of nitrogens with one attached hydrogen (secondary N) is 3. The van der Waals surface area contributed by atoms with Gasteiger partial charge in [0, 0.05) is 29.6 Å². The minimum absolute atomic E-state index is 0.0926. The number of rotatable bonds is 5. The van der Waals surface area contributed by atoms with Crippen molar-refractivity contribution in [2.24, 2.45) is 5.41 Å². The van der Waals surface area contributed by atoms with Crippen LogP contribution in [0.4, 0.5) is 5.69 Å². The number of aromatic nitrogens is 2. The van der Waals surface area contributed by atoms with E-state index in [2.05, 4.69) is 20.6 Å². The van der Waals surface area contributed by atoms with Crippen LogP contribution in [-0.2, 0) is 11.2 Å². The summed E-state index contributed by atoms with van der Waals surface area (Å²) in [6.45, 7) is 6.00. The van der Waals surface area contributed by atoms with Gasteiger partial charge in [-0.3, -0.25) is 9.59 Å². The average Bonchev–Trinajstić information content (AvgIpc) is 3.03. The van der Waals surface area contributed by atoms with Crippen molar-refractivity contribution in [1.82, 2.24) is 15.3 Å². The molecule has 3 aromatic rings. The number of nitrogens with zero attached hydrogens (tertiary/aromatic N) is 1. The number of carbonyl (C=O) groups is 2. The number of hydrogen-bond acceptors (Lipinski definition) is 3. The first kappa shape index (κ1) is 18.6. The van der Waals surface area contributed by atoms with Gasteiger partial charge in [-0.25, -0.2) is 4.98 Å². The number of imidazole rings is 1. The molecule has 1 aromatic heterocycles. The Balaban J connectivity index is 1.57. The number of aromatic amines is 1. The zero-order valence-electron chi connectivity index (χ0n) is 15.8. The molecule has 2 amide bonds. The second-order valence-corrected chi connectivity index (χ2v) is 7.49. The molecule has 0 aliphatic rings. The summed E-state index contributed by atoms with van der Waals surface area (Å²) in [6, 6.07) is 14.8. The highest BCUT2D eigenvalue weighted by Crippen LogP contribution is 2.18. The van der Waals surface area contributed by atoms with Crippen LogP contribution in [0.25, 0.3) is 11.0 Å². The lowest BCUT2D eigenvalue weighted by molar-refractivity contribution is -0.123. The maximum atomic E-state index is 12.4. The number of fused-ring (bicyclic) bond motifs is 1. The Bertz CT molecular complexity index is 936. The van der Waals surface area contributed by atoms with Crippen molar-refractivity contribution in [3.8, 4) is 0 Å². The molecule has 0 spiro atoms. The quantitative estimate of drug-likeness (QED) is 0.647. The van der Waals surface area contributed by atoms with Gasteiger partial charge in [-0.1, -0.05) is 39.0 Å². The zero-order valence-corrected chi connectivity index (χ0v) is 15.8. The third kappa shape index (κ3) is 4.73. The van der Waals surface area contributed by atoms with E-state index < -0.39 is 5.41 Å². The lowest BCUT2D eigenvalue weighted by Crippen LogP contribution is -2.28. The van der Waals surface area contributed by atoms with E-state index in [0.29, 0.717) is 24.2 Å². The maximum absolute atomic E-state index is 12.4. The van der Waals surface area contributed by atoms with E-state index in [1.807, 2.05) is 45.0 Å². The van der Waals surface area contributed by atoms with Crippen molar-refractivity contribution in [1.29, 1.82) is 0 Å². The van der Waals surface area contributed by atoms with Gasteiger partial charge in [0.05, 0.1) is 11.0 Å². The van der Waals surface area contributed by atoms with E-state index in [1.165, 1.54) is 0 Å². The van der Waals surface area contributed by atoms with Crippen molar-refractivity contribution in [3.63, 3.8) is 0 Å². The van der Waals surface area contributed by atoms with E-state index in [-0.39, 0.29) is 11.8 Å². The normalized spacial score (nSPS) is 11.4. The first-order valence-corrected chi connectivity index (χ1v) is 8.96. The van der Waals surface area contributed by atoms with Crippen LogP contribution < -0.4 is 10.6 Å². The molecule has 2 aromatic carbocycles. The molecule has 6 nitrogen and oxygen atoms in total. The average molecular weight is 364 g/mol. The van der Waals surface area contributed by atoms with Gasteiger partial charge in [0.15, 0.2) is 0 Å². The molecule has 6 heteroatoms. The molecule has 0 bridgehead atoms. The predicted molar refractivity (Wildman–Crippen MR) is 107 cm³/mol. The summed E-state index contributed by atoms with van der Waals surface area (Å²) in [6.07, 6.45) is 0.612. The third-order valence-corrected chi connectivity index (χ3v) is 4.15. The fourth-order valence-electron chi connectivity index (χ4n) is 2.58. The van der Waals surface area contributed by atoms with Gasteiger partial charge in [-0.2, -0.15) is 0 Å². The molecule has 0 aliphatic heterocycles. The summed E-state index contributed by atoms with van der Waals surface area (Å²) in [5.74, 6) is 0.561. The molecular weight excluding hydrogens is 340 g/mol. The van der Waals surface area contributed by atoms with Gasteiger partial charge >= 0.3 is 0 Å². The number of para-hydroxylation sites is 2. The Morgan fingerprint density at radius 2 is 1.85 bits per heavy atom. The number of benzene rings is 2. The van der Waals surface area contributed by atoms with Gasteiger partial charge in [0.25, 0.3) is 5.91 Å². The molecule has 3 N–H and O–H groups in total. The molecule has 140 valence electrons. The number of carbonyl (C=O) groups excluding carboxylic acids is 2. The van der Waals surface area contributed by atoms with Crippen molar-refractivity contribution >= 4 is 28.5 Å². The molecule has 3 rings (SSSR count). The highest BCUT2D eigenvalue weighted by Gasteiger charge is 2.21. The second kappa shape index (κ2) is 7.61. The van der Waals surface area contributed by atoms with Crippen molar-refractivity contribution in [3.05, 3.63) is 59.9 Å². The molecule has 0 aliphatic carbocycles. The maximum Gasteiger partial charge on any atom is 0.251 e. The molecule has 0 radical (unpaired) electrons. The van der Waals surface area contributed by atoms with Crippen molar-refractivity contribution < 1.29 is 9.59 Å². The topological polar surface area (TPSA) is 86.9 Å². The summed E-state index contributed by atoms with van der Waals surface area (Å²) >= 11 is 0. The minimum atomic E-state index is -0.495. The van der Waals surface area contributed by atoms with Crippen LogP contribution in [0.3, 0.4) is 0 Å². The smallest absolute Gasteiger partial charge is 0.251 e. The number of amides is 2. The fraction of sp³-hybridized carbons (Fsp3) is 0.286. The van der Waals surface area contributed by atoms with Crippen molar-refractivity contribution in [2.45, 2.75) is 27.2 Å². The molecule has 0 saturated heterocycles. The van der Waals surface area contributed by atoms with Crippen LogP contribution >= 0.6 is 0 Å². The van der Waals surface area contributed by atoms with Crippen LogP contribution in [0.1, 0.15) is 37.0 Å². The van der Waals surface area contributed by atoms with Crippen molar-refractivity contribution in [2.75, 3.05) is 11.9 Å². The molecule has 0 atom stereocenters. The molecular formula is C21H24N4O2. The Morgan fingerprint density at radius 3 is 2.59 bits per heavy atom. The molecule has 27 heavy (non-hydrogen) atoms. The number of hydrogen-bond donors (Lipinski definition) is 3. The number of H-pyrrole nitrogens is 1. The highest BCUT2D eigenvalue weighted by atomic mass is 16.2. The van der Waals surface area contributed by atoms with Gasteiger partial charge in [-0.05, 0) is 30.3 Å². The summed E-state index contributed by atoms with van der Waals surface area (Å²) in [5.41, 5.74) is 2.53. The lowest BCUT2D eigenvalue weighted by Gasteiger charge is -2.18. The summed E-state index contributed by atoms with van der Waals surface area (Å²) in [7, 11) is 0. The first-order valence-electron chi connectivity index (χ1n) is 8.96. The fourth-order valence-corrected chi connectivity index (χ4v) is 2.58. The minimum Gasteiger partial charge on any atom is -0.352 e. The number of anilines is 1. The SMILES string of the molecule is CC(C)(C)C(=O)Nc1cccc(C(=O)NCCc2nc3ccccc3[nH]2)c1. The molecule has 0 fully saturated rings. The van der Waals surface area contributed by atoms with Gasteiger partial charge in [0.2, 0.25) is 5.91 Å². The van der Waals surface area contributed by atoms with Crippen LogP contribution in [0.15, 0.2) is 48.5 Å². The highest BCUT2D eigenvalue weighted by molar-refractivity contribution is 5.98. The zero-order chi connectivity index (χ0) is 19.4. The van der Waals surface area contributed by atoms with Crippen LogP contribution in [0, 0.1) is 5.41 Å². The lowest BCUT2D eigenvalue weighted by atomic mass is 9.95.